The van der Waals surface area contributed by atoms with Crippen LogP contribution in [-0.4, -0.2) is 71.1 Å². The maximum absolute atomic E-state index is 12.5. The molecule has 170 valence electrons. The van der Waals surface area contributed by atoms with Gasteiger partial charge in [-0.05, 0) is 19.0 Å². The summed E-state index contributed by atoms with van der Waals surface area (Å²) >= 11 is 0. The molecule has 3 heterocycles. The molecule has 0 unspecified atom stereocenters. The van der Waals surface area contributed by atoms with Crippen molar-refractivity contribution in [3.8, 4) is 6.01 Å². The van der Waals surface area contributed by atoms with Gasteiger partial charge in [-0.25, -0.2) is 19.0 Å². The number of ether oxygens (including phenoxy) is 2. The van der Waals surface area contributed by atoms with Crippen LogP contribution >= 0.6 is 0 Å². The highest BCUT2D eigenvalue weighted by molar-refractivity contribution is 7.91. The Kier molecular flexibility index (Phi) is 6.33. The number of amides is 1. The van der Waals surface area contributed by atoms with Crippen LogP contribution in [0.2, 0.25) is 0 Å². The summed E-state index contributed by atoms with van der Waals surface area (Å²) in [7, 11) is -3.08. The number of nitrogens with one attached hydrogen (secondary N) is 2. The monoisotopic (exact) mass is 460 g/mol. The Morgan fingerprint density at radius 1 is 1.29 bits per heavy atom. The summed E-state index contributed by atoms with van der Waals surface area (Å²) in [5, 5.41) is 11.3. The number of nitrogens with zero attached hydrogens (tertiary/aromatic N) is 6. The number of rotatable bonds is 8. The van der Waals surface area contributed by atoms with Gasteiger partial charge in [0.2, 0.25) is 0 Å². The molecule has 1 amide bonds. The fourth-order valence-electron chi connectivity index (χ4n) is 2.38. The third-order valence-electron chi connectivity index (χ3n) is 3.62. The highest BCUT2D eigenvalue weighted by Crippen LogP contribution is 2.18. The first-order valence-corrected chi connectivity index (χ1v) is 10.4. The number of hydrogen-bond acceptors (Lipinski definition) is 11. The van der Waals surface area contributed by atoms with Gasteiger partial charge in [0.1, 0.15) is 18.8 Å². The normalized spacial score (nSPS) is 13.6. The number of carbonyl (C=O) groups is 1. The van der Waals surface area contributed by atoms with Crippen LogP contribution in [0.5, 0.6) is 6.01 Å². The molecule has 0 saturated carbocycles. The van der Waals surface area contributed by atoms with E-state index in [2.05, 4.69) is 20.1 Å². The molecule has 3 rings (SSSR count). The van der Waals surface area contributed by atoms with E-state index in [0.29, 0.717) is 4.73 Å². The lowest BCUT2D eigenvalue weighted by atomic mass is 10.3. The van der Waals surface area contributed by atoms with Gasteiger partial charge in [-0.2, -0.15) is 13.5 Å². The minimum absolute atomic E-state index is 0.0106. The van der Waals surface area contributed by atoms with Crippen molar-refractivity contribution in [3.63, 3.8) is 0 Å². The van der Waals surface area contributed by atoms with E-state index in [1.54, 1.807) is 18.6 Å². The fraction of sp³-hybridized carbons (Fsp3) is 0.500. The van der Waals surface area contributed by atoms with Crippen molar-refractivity contribution in [2.24, 2.45) is 12.2 Å². The van der Waals surface area contributed by atoms with Gasteiger partial charge in [-0.1, -0.05) is 4.73 Å². The largest absolute Gasteiger partial charge is 0.471 e. The molecule has 0 spiro atoms. The molecule has 17 heteroatoms. The van der Waals surface area contributed by atoms with Crippen molar-refractivity contribution >= 4 is 28.0 Å². The van der Waals surface area contributed by atoms with Crippen molar-refractivity contribution in [2.75, 3.05) is 31.1 Å². The molecule has 0 atom stereocenters. The number of carbonyl (C=O) groups excluding carboxylic acids is 1. The van der Waals surface area contributed by atoms with E-state index >= 15 is 0 Å². The maximum Gasteiger partial charge on any atom is 0.391 e. The Hall–Kier alpha value is -3.76. The van der Waals surface area contributed by atoms with Gasteiger partial charge >= 0.3 is 27.9 Å². The average Bonchev–Trinajstić information content (AvgIpc) is 3.23. The third kappa shape index (κ3) is 4.71. The van der Waals surface area contributed by atoms with Crippen LogP contribution in [0, 0.1) is 0 Å². The van der Waals surface area contributed by atoms with Crippen LogP contribution < -0.4 is 24.7 Å². The molecule has 1 aliphatic heterocycles. The molecule has 0 aliphatic carbocycles. The minimum Gasteiger partial charge on any atom is -0.471 e. The Morgan fingerprint density at radius 3 is 2.71 bits per heavy atom. The van der Waals surface area contributed by atoms with Crippen LogP contribution in [0.3, 0.4) is 0 Å². The summed E-state index contributed by atoms with van der Waals surface area (Å²) in [6, 6.07) is -1.67. The average molecular weight is 460 g/mol. The second-order valence-corrected chi connectivity index (χ2v) is 7.16. The molecule has 31 heavy (non-hydrogen) atoms. The van der Waals surface area contributed by atoms with E-state index in [0.717, 1.165) is 0 Å². The van der Waals surface area contributed by atoms with E-state index in [9.17, 15) is 18.0 Å². The Labute approximate surface area is 175 Å². The second kappa shape index (κ2) is 8.94. The molecular weight excluding hydrogens is 440 g/mol. The number of aromatic nitrogens is 5. The molecule has 2 aromatic heterocycles. The SMILES string of the molecule is CCOc1nn(C(=O)NS(=O)(=O)Nc2c(C3=NOCCO3)cnn2C)c(=O)n1OCC. The predicted molar refractivity (Wildman–Crippen MR) is 103 cm³/mol. The van der Waals surface area contributed by atoms with E-state index in [1.807, 2.05) is 0 Å². The lowest BCUT2D eigenvalue weighted by Gasteiger charge is -2.15. The summed E-state index contributed by atoms with van der Waals surface area (Å²) in [4.78, 5) is 34.7. The number of anilines is 1. The van der Waals surface area contributed by atoms with Crippen molar-refractivity contribution < 1.29 is 32.4 Å². The second-order valence-electron chi connectivity index (χ2n) is 5.74. The van der Waals surface area contributed by atoms with Crippen LogP contribution in [0.4, 0.5) is 10.6 Å². The summed E-state index contributed by atoms with van der Waals surface area (Å²) in [5.74, 6) is -0.0526. The fourth-order valence-corrected chi connectivity index (χ4v) is 3.25. The van der Waals surface area contributed by atoms with Gasteiger partial charge in [0.25, 0.3) is 5.90 Å². The van der Waals surface area contributed by atoms with E-state index < -0.39 is 21.9 Å². The zero-order chi connectivity index (χ0) is 22.6. The van der Waals surface area contributed by atoms with Crippen molar-refractivity contribution in [3.05, 3.63) is 22.2 Å². The minimum atomic E-state index is -4.53. The summed E-state index contributed by atoms with van der Waals surface area (Å²) in [6.07, 6.45) is 1.30. The van der Waals surface area contributed by atoms with Crippen LogP contribution in [0.15, 0.2) is 16.1 Å². The van der Waals surface area contributed by atoms with Gasteiger partial charge in [0.05, 0.1) is 12.8 Å². The lowest BCUT2D eigenvalue weighted by molar-refractivity contribution is 0.0656. The van der Waals surface area contributed by atoms with Gasteiger partial charge in [0.15, 0.2) is 12.4 Å². The standard InChI is InChI=1S/C14H20N8O8S/c1-4-27-13-16-21(14(24)22(13)30-5-2)12(23)19-31(25,26)18-10-9(8-15-20(10)3)11-17-29-7-6-28-11/h8,18H,4-7H2,1-3H3,(H,19,23). The number of aryl methyl sites for hydroxylation is 1. The Morgan fingerprint density at radius 2 is 2.06 bits per heavy atom. The summed E-state index contributed by atoms with van der Waals surface area (Å²) in [6.45, 7) is 3.89. The quantitative estimate of drug-likeness (QED) is 0.458. The zero-order valence-corrected chi connectivity index (χ0v) is 17.6. The molecule has 0 bridgehead atoms. The molecule has 0 radical (unpaired) electrons. The molecule has 0 fully saturated rings. The van der Waals surface area contributed by atoms with Crippen molar-refractivity contribution in [1.82, 2.24) is 29.0 Å². The highest BCUT2D eigenvalue weighted by atomic mass is 32.2. The van der Waals surface area contributed by atoms with E-state index in [1.165, 1.54) is 17.9 Å². The van der Waals surface area contributed by atoms with E-state index in [-0.39, 0.29) is 54.4 Å². The number of oxime groups is 1. The highest BCUT2D eigenvalue weighted by Gasteiger charge is 2.27. The summed E-state index contributed by atoms with van der Waals surface area (Å²) < 4.78 is 41.4. The van der Waals surface area contributed by atoms with Gasteiger partial charge in [0, 0.05) is 7.05 Å². The molecule has 0 saturated heterocycles. The molecule has 2 aromatic rings. The zero-order valence-electron chi connectivity index (χ0n) is 16.8. The predicted octanol–water partition coefficient (Wildman–Crippen LogP) is -1.75. The van der Waals surface area contributed by atoms with Crippen LogP contribution in [0.1, 0.15) is 19.4 Å². The topological polar surface area (TPSA) is 182 Å². The van der Waals surface area contributed by atoms with Crippen LogP contribution in [0.25, 0.3) is 0 Å². The smallest absolute Gasteiger partial charge is 0.391 e. The Balaban J connectivity index is 1.83. The molecular formula is C14H20N8O8S. The van der Waals surface area contributed by atoms with Gasteiger partial charge in [-0.15, -0.1) is 9.78 Å². The Bertz CT molecular complexity index is 1150. The van der Waals surface area contributed by atoms with Gasteiger partial charge < -0.3 is 19.1 Å². The first-order chi connectivity index (χ1) is 14.8. The van der Waals surface area contributed by atoms with E-state index in [4.69, 9.17) is 19.1 Å². The first kappa shape index (κ1) is 21.9. The maximum atomic E-state index is 12.5. The third-order valence-corrected chi connectivity index (χ3v) is 4.53. The van der Waals surface area contributed by atoms with Gasteiger partial charge in [-0.3, -0.25) is 4.68 Å². The molecule has 0 aromatic carbocycles. The summed E-state index contributed by atoms with van der Waals surface area (Å²) in [5.41, 5.74) is -0.877. The first-order valence-electron chi connectivity index (χ1n) is 8.95. The van der Waals surface area contributed by atoms with Crippen molar-refractivity contribution in [2.45, 2.75) is 13.8 Å². The van der Waals surface area contributed by atoms with Crippen LogP contribution in [-0.2, 0) is 26.8 Å². The molecule has 1 aliphatic rings. The molecule has 2 N–H and O–H groups in total. The lowest BCUT2D eigenvalue weighted by Crippen LogP contribution is -2.43. The van der Waals surface area contributed by atoms with Crippen molar-refractivity contribution in [1.29, 1.82) is 0 Å². The number of hydrogen-bond donors (Lipinski definition) is 2. The molecule has 16 nitrogen and oxygen atoms in total.